The smallest absolute Gasteiger partial charge is 0.272 e. The Balaban J connectivity index is 1.41. The van der Waals surface area contributed by atoms with Gasteiger partial charge < -0.3 is 16.0 Å². The molecule has 7 heteroatoms. The van der Waals surface area contributed by atoms with Crippen LogP contribution in [0.4, 0.5) is 11.4 Å². The van der Waals surface area contributed by atoms with Crippen molar-refractivity contribution in [2.45, 2.75) is 25.7 Å². The molecule has 0 aliphatic heterocycles. The van der Waals surface area contributed by atoms with E-state index in [0.717, 1.165) is 32.8 Å². The normalized spacial score (nSPS) is 11.0. The molecule has 0 spiro atoms. The third-order valence-corrected chi connectivity index (χ3v) is 7.16. The van der Waals surface area contributed by atoms with Gasteiger partial charge in [0.2, 0.25) is 5.91 Å². The van der Waals surface area contributed by atoms with E-state index in [9.17, 15) is 14.4 Å². The summed E-state index contributed by atoms with van der Waals surface area (Å²) in [5, 5.41) is 8.60. The molecule has 0 saturated carbocycles. The maximum atomic E-state index is 13.2. The minimum Gasteiger partial charge on any atom is -0.325 e. The summed E-state index contributed by atoms with van der Waals surface area (Å²) >= 11 is 1.41. The predicted molar refractivity (Wildman–Crippen MR) is 163 cm³/mol. The first kappa shape index (κ1) is 28.4. The van der Waals surface area contributed by atoms with Crippen LogP contribution in [-0.4, -0.2) is 23.5 Å². The molecule has 0 bridgehead atoms. The van der Waals surface area contributed by atoms with Crippen LogP contribution in [0.3, 0.4) is 0 Å². The Bertz CT molecular complexity index is 1510. The zero-order valence-electron chi connectivity index (χ0n) is 22.7. The lowest BCUT2D eigenvalue weighted by Crippen LogP contribution is -2.30. The van der Waals surface area contributed by atoms with Crippen LogP contribution in [0.25, 0.3) is 6.08 Å². The summed E-state index contributed by atoms with van der Waals surface area (Å²) in [6.07, 6.45) is 1.65. The van der Waals surface area contributed by atoms with Crippen molar-refractivity contribution < 1.29 is 14.4 Å². The molecule has 6 nitrogen and oxygen atoms in total. The van der Waals surface area contributed by atoms with Crippen LogP contribution in [0.15, 0.2) is 108 Å². The van der Waals surface area contributed by atoms with E-state index in [2.05, 4.69) is 16.0 Å². The summed E-state index contributed by atoms with van der Waals surface area (Å²) < 4.78 is 0. The van der Waals surface area contributed by atoms with Crippen molar-refractivity contribution in [2.75, 3.05) is 16.4 Å². The molecule has 0 aliphatic carbocycles. The topological polar surface area (TPSA) is 87.3 Å². The lowest BCUT2D eigenvalue weighted by Gasteiger charge is -2.12. The van der Waals surface area contributed by atoms with Gasteiger partial charge in [-0.3, -0.25) is 14.4 Å². The zero-order chi connectivity index (χ0) is 28.5. The molecule has 0 aromatic heterocycles. The Morgan fingerprint density at radius 2 is 1.38 bits per heavy atom. The van der Waals surface area contributed by atoms with E-state index in [1.165, 1.54) is 11.8 Å². The summed E-state index contributed by atoms with van der Waals surface area (Å²) in [4.78, 5) is 39.4. The molecular weight excluding hydrogens is 518 g/mol. The Morgan fingerprint density at radius 1 is 0.725 bits per heavy atom. The van der Waals surface area contributed by atoms with E-state index in [0.29, 0.717) is 11.3 Å². The van der Waals surface area contributed by atoms with Crippen LogP contribution < -0.4 is 16.0 Å². The maximum absolute atomic E-state index is 13.2. The van der Waals surface area contributed by atoms with Gasteiger partial charge in [-0.2, -0.15) is 0 Å². The average Bonchev–Trinajstić information content (AvgIpc) is 2.96. The fourth-order valence-corrected chi connectivity index (χ4v) is 4.64. The third kappa shape index (κ3) is 7.94. The summed E-state index contributed by atoms with van der Waals surface area (Å²) in [5.74, 6) is -0.646. The number of thioether (sulfide) groups is 1. The van der Waals surface area contributed by atoms with Gasteiger partial charge in [0.1, 0.15) is 5.70 Å². The number of nitrogens with one attached hydrogen (secondary N) is 3. The SMILES string of the molecule is Cc1ccc(/C=C(\NC(=O)c2ccccc2)C(=O)Nc2ccc(SCC(=O)Nc3c(C)cccc3C)cc2)cc1. The number of aryl methyl sites for hydroxylation is 3. The fourth-order valence-electron chi connectivity index (χ4n) is 3.94. The monoisotopic (exact) mass is 549 g/mol. The quantitative estimate of drug-likeness (QED) is 0.159. The molecule has 4 aromatic carbocycles. The molecule has 0 saturated heterocycles. The highest BCUT2D eigenvalue weighted by Crippen LogP contribution is 2.23. The number of carbonyl (C=O) groups is 3. The Labute approximate surface area is 238 Å². The second-order valence-electron chi connectivity index (χ2n) is 9.37. The van der Waals surface area contributed by atoms with Crippen LogP contribution in [0.5, 0.6) is 0 Å². The number of rotatable bonds is 9. The van der Waals surface area contributed by atoms with Crippen molar-refractivity contribution in [3.8, 4) is 0 Å². The highest BCUT2D eigenvalue weighted by Gasteiger charge is 2.15. The predicted octanol–water partition coefficient (Wildman–Crippen LogP) is 6.75. The third-order valence-electron chi connectivity index (χ3n) is 6.14. The van der Waals surface area contributed by atoms with E-state index in [-0.39, 0.29) is 23.3 Å². The fraction of sp³-hybridized carbons (Fsp3) is 0.121. The summed E-state index contributed by atoms with van der Waals surface area (Å²) in [7, 11) is 0. The molecule has 3 N–H and O–H groups in total. The lowest BCUT2D eigenvalue weighted by molar-refractivity contribution is -0.114. The van der Waals surface area contributed by atoms with Gasteiger partial charge in [-0.05, 0) is 79.9 Å². The molecule has 0 heterocycles. The van der Waals surface area contributed by atoms with Crippen LogP contribution in [0.2, 0.25) is 0 Å². The highest BCUT2D eigenvalue weighted by molar-refractivity contribution is 8.00. The minimum atomic E-state index is -0.446. The van der Waals surface area contributed by atoms with E-state index in [1.54, 1.807) is 42.5 Å². The molecule has 0 radical (unpaired) electrons. The van der Waals surface area contributed by atoms with E-state index in [1.807, 2.05) is 81.4 Å². The van der Waals surface area contributed by atoms with E-state index < -0.39 is 5.91 Å². The zero-order valence-corrected chi connectivity index (χ0v) is 23.5. The molecule has 4 aromatic rings. The number of benzene rings is 4. The van der Waals surface area contributed by atoms with Crippen LogP contribution >= 0.6 is 11.8 Å². The molecule has 0 aliphatic rings. The van der Waals surface area contributed by atoms with Crippen LogP contribution in [0, 0.1) is 20.8 Å². The second-order valence-corrected chi connectivity index (χ2v) is 10.4. The Hall–Kier alpha value is -4.62. The largest absolute Gasteiger partial charge is 0.325 e. The van der Waals surface area contributed by atoms with Gasteiger partial charge in [-0.25, -0.2) is 0 Å². The molecular formula is C33H31N3O3S. The van der Waals surface area contributed by atoms with Crippen LogP contribution in [0.1, 0.15) is 32.6 Å². The van der Waals surface area contributed by atoms with E-state index >= 15 is 0 Å². The second kappa shape index (κ2) is 13.4. The molecule has 0 unspecified atom stereocenters. The number of hydrogen-bond donors (Lipinski definition) is 3. The van der Waals surface area contributed by atoms with Gasteiger partial charge in [0, 0.05) is 21.8 Å². The number of anilines is 2. The van der Waals surface area contributed by atoms with Gasteiger partial charge in [-0.1, -0.05) is 66.2 Å². The Morgan fingerprint density at radius 3 is 2.02 bits per heavy atom. The first-order valence-corrected chi connectivity index (χ1v) is 13.8. The minimum absolute atomic E-state index is 0.0835. The summed E-state index contributed by atoms with van der Waals surface area (Å²) in [5.41, 5.74) is 5.92. The van der Waals surface area contributed by atoms with Crippen molar-refractivity contribution in [1.29, 1.82) is 0 Å². The highest BCUT2D eigenvalue weighted by atomic mass is 32.2. The number of para-hydroxylation sites is 1. The van der Waals surface area contributed by atoms with Gasteiger partial charge in [0.05, 0.1) is 5.75 Å². The number of hydrogen-bond acceptors (Lipinski definition) is 4. The standard InChI is InChI=1S/C33H31N3O3S/c1-22-12-14-25(15-13-22)20-29(35-32(38)26-10-5-4-6-11-26)33(39)34-27-16-18-28(19-17-27)40-21-30(37)36-31-23(2)8-7-9-24(31)3/h4-20H,21H2,1-3H3,(H,34,39)(H,35,38)(H,36,37)/b29-20-. The van der Waals surface area contributed by atoms with Crippen LogP contribution in [-0.2, 0) is 9.59 Å². The molecule has 40 heavy (non-hydrogen) atoms. The van der Waals surface area contributed by atoms with Gasteiger partial charge in [0.15, 0.2) is 0 Å². The molecule has 4 rings (SSSR count). The molecule has 0 atom stereocenters. The van der Waals surface area contributed by atoms with Crippen molar-refractivity contribution in [1.82, 2.24) is 5.32 Å². The van der Waals surface area contributed by atoms with Gasteiger partial charge >= 0.3 is 0 Å². The number of carbonyl (C=O) groups excluding carboxylic acids is 3. The Kier molecular flexibility index (Phi) is 9.54. The first-order valence-electron chi connectivity index (χ1n) is 12.8. The van der Waals surface area contributed by atoms with Crippen molar-refractivity contribution in [3.63, 3.8) is 0 Å². The first-order chi connectivity index (χ1) is 19.3. The van der Waals surface area contributed by atoms with E-state index in [4.69, 9.17) is 0 Å². The van der Waals surface area contributed by atoms with Gasteiger partial charge in [0.25, 0.3) is 11.8 Å². The average molecular weight is 550 g/mol. The van der Waals surface area contributed by atoms with Crippen molar-refractivity contribution in [3.05, 3.63) is 131 Å². The molecule has 3 amide bonds. The van der Waals surface area contributed by atoms with Gasteiger partial charge in [-0.15, -0.1) is 11.8 Å². The summed E-state index contributed by atoms with van der Waals surface area (Å²) in [6, 6.07) is 29.5. The number of amides is 3. The summed E-state index contributed by atoms with van der Waals surface area (Å²) in [6.45, 7) is 5.92. The molecule has 202 valence electrons. The molecule has 0 fully saturated rings. The maximum Gasteiger partial charge on any atom is 0.272 e. The van der Waals surface area contributed by atoms with Crippen molar-refractivity contribution in [2.24, 2.45) is 0 Å². The van der Waals surface area contributed by atoms with Crippen molar-refractivity contribution >= 4 is 46.9 Å². The lowest BCUT2D eigenvalue weighted by atomic mass is 10.1.